The quantitative estimate of drug-likeness (QED) is 0.180. The first kappa shape index (κ1) is 31.3. The predicted octanol–water partition coefficient (Wildman–Crippen LogP) is 12.2. The number of rotatable bonds is 6. The van der Waals surface area contributed by atoms with Crippen LogP contribution in [0.1, 0.15) is 67.0 Å². The maximum atomic E-state index is 5.03. The predicted molar refractivity (Wildman–Crippen MR) is 206 cm³/mol. The second-order valence-electron chi connectivity index (χ2n) is 13.2. The molecule has 0 radical (unpaired) electrons. The highest BCUT2D eigenvalue weighted by molar-refractivity contribution is 5.99. The first-order valence-corrected chi connectivity index (χ1v) is 17.1. The summed E-state index contributed by atoms with van der Waals surface area (Å²) in [7, 11) is 0. The fraction of sp³-hybridized carbons (Fsp3) is 0.174. The molecule has 0 aromatic heterocycles. The Hall–Kier alpha value is -5.34. The fourth-order valence-electron chi connectivity index (χ4n) is 7.05. The zero-order valence-corrected chi connectivity index (χ0v) is 28.1. The van der Waals surface area contributed by atoms with E-state index in [0.717, 1.165) is 25.0 Å². The third-order valence-electron chi connectivity index (χ3n) is 9.70. The van der Waals surface area contributed by atoms with Gasteiger partial charge in [0, 0.05) is 30.0 Å². The molecule has 2 atom stereocenters. The van der Waals surface area contributed by atoms with E-state index in [0.29, 0.717) is 5.92 Å². The van der Waals surface area contributed by atoms with Crippen molar-refractivity contribution in [2.45, 2.75) is 46.1 Å². The minimum atomic E-state index is 0.196. The smallest absolute Gasteiger partial charge is 0.0779 e. The maximum absolute atomic E-state index is 5.03. The molecule has 0 spiro atoms. The van der Waals surface area contributed by atoms with Crippen molar-refractivity contribution in [3.8, 4) is 22.3 Å². The Balaban J connectivity index is 1.21. The first-order valence-electron chi connectivity index (χ1n) is 17.1. The second kappa shape index (κ2) is 14.2. The zero-order chi connectivity index (χ0) is 32.9. The molecule has 2 nitrogen and oxygen atoms in total. The van der Waals surface area contributed by atoms with E-state index in [9.17, 15) is 0 Å². The van der Waals surface area contributed by atoms with Crippen LogP contribution in [0.25, 0.3) is 39.1 Å². The van der Waals surface area contributed by atoms with E-state index in [2.05, 4.69) is 160 Å². The van der Waals surface area contributed by atoms with Gasteiger partial charge in [0.1, 0.15) is 0 Å². The molecule has 0 bridgehead atoms. The van der Waals surface area contributed by atoms with Crippen molar-refractivity contribution in [2.75, 3.05) is 0 Å². The monoisotopic (exact) mass is 622 g/mol. The van der Waals surface area contributed by atoms with Gasteiger partial charge in [-0.25, -0.2) is 0 Å². The molecule has 236 valence electrons. The van der Waals surface area contributed by atoms with Crippen molar-refractivity contribution in [3.63, 3.8) is 0 Å². The van der Waals surface area contributed by atoms with Gasteiger partial charge in [-0.3, -0.25) is 9.98 Å². The maximum Gasteiger partial charge on any atom is 0.0779 e. The van der Waals surface area contributed by atoms with E-state index in [1.54, 1.807) is 0 Å². The summed E-state index contributed by atoms with van der Waals surface area (Å²) in [5.74, 6) is 0.456. The van der Waals surface area contributed by atoms with Gasteiger partial charge >= 0.3 is 0 Å². The van der Waals surface area contributed by atoms with Gasteiger partial charge < -0.3 is 0 Å². The minimum absolute atomic E-state index is 0.196. The van der Waals surface area contributed by atoms with Crippen molar-refractivity contribution < 1.29 is 0 Å². The van der Waals surface area contributed by atoms with Crippen LogP contribution < -0.4 is 0 Å². The number of hydrogen-bond donors (Lipinski definition) is 0. The Labute approximate surface area is 285 Å². The molecule has 5 aromatic rings. The van der Waals surface area contributed by atoms with Gasteiger partial charge in [0.25, 0.3) is 0 Å². The molecule has 0 saturated heterocycles. The Morgan fingerprint density at radius 3 is 2.10 bits per heavy atom. The molecule has 5 aromatic carbocycles. The van der Waals surface area contributed by atoms with Crippen molar-refractivity contribution in [1.82, 2.24) is 0 Å². The minimum Gasteiger partial charge on any atom is -0.285 e. The highest BCUT2D eigenvalue weighted by atomic mass is 14.8. The molecule has 2 heterocycles. The normalized spacial score (nSPS) is 19.8. The molecule has 0 N–H and O–H groups in total. The van der Waals surface area contributed by atoms with Gasteiger partial charge in [0.2, 0.25) is 0 Å². The number of benzene rings is 5. The first-order chi connectivity index (χ1) is 23.5. The van der Waals surface area contributed by atoms with Crippen molar-refractivity contribution in [3.05, 3.63) is 173 Å². The number of nitrogens with zero attached hydrogens (tertiary/aromatic N) is 2. The molecule has 2 aliphatic heterocycles. The van der Waals surface area contributed by atoms with Gasteiger partial charge in [-0.15, -0.1) is 0 Å². The highest BCUT2D eigenvalue weighted by Gasteiger charge is 2.21. The highest BCUT2D eigenvalue weighted by Crippen LogP contribution is 2.39. The topological polar surface area (TPSA) is 24.7 Å². The fourth-order valence-corrected chi connectivity index (χ4v) is 7.05. The summed E-state index contributed by atoms with van der Waals surface area (Å²) in [6, 6.07) is 46.1. The van der Waals surface area contributed by atoms with Crippen LogP contribution in [0.15, 0.2) is 155 Å². The number of hydrogen-bond acceptors (Lipinski definition) is 2. The lowest BCUT2D eigenvalue weighted by molar-refractivity contribution is 0.446. The van der Waals surface area contributed by atoms with Crippen LogP contribution in [0, 0.1) is 12.8 Å². The van der Waals surface area contributed by atoms with Crippen LogP contribution in [0.3, 0.4) is 0 Å². The van der Waals surface area contributed by atoms with Crippen LogP contribution in [0.5, 0.6) is 0 Å². The molecule has 2 aliphatic rings. The average molecular weight is 623 g/mol. The van der Waals surface area contributed by atoms with Crippen molar-refractivity contribution in [1.29, 1.82) is 0 Å². The molecule has 7 rings (SSSR count). The molecule has 2 heteroatoms. The Morgan fingerprint density at radius 1 is 0.625 bits per heavy atom. The third-order valence-corrected chi connectivity index (χ3v) is 9.70. The summed E-state index contributed by atoms with van der Waals surface area (Å²) in [5, 5.41) is 0. The molecule has 0 amide bonds. The van der Waals surface area contributed by atoms with E-state index in [1.807, 2.05) is 12.4 Å². The number of aryl methyl sites for hydroxylation is 1. The lowest BCUT2D eigenvalue weighted by Crippen LogP contribution is -2.10. The van der Waals surface area contributed by atoms with E-state index < -0.39 is 0 Å². The van der Waals surface area contributed by atoms with Crippen LogP contribution >= 0.6 is 0 Å². The standard InChI is InChI=1S/C46H42N2/c1-32-25-27-48-46(44(29-32)35-13-6-4-7-14-35)41-24-23-39(30-34(41)3)38-17-12-18-40(31-38)43-20-11-10-19-42(43)36-22-21-33(2)45(47-28-26-36)37-15-8-5-9-16-37/h4-20,23-24,26-31,33,45H,21-22,25H2,1-3H3/b36-26+,47-28-. The van der Waals surface area contributed by atoms with Gasteiger partial charge in [0.05, 0.1) is 11.7 Å². The van der Waals surface area contributed by atoms with Crippen LogP contribution in [-0.4, -0.2) is 12.4 Å². The largest absolute Gasteiger partial charge is 0.285 e. The van der Waals surface area contributed by atoms with E-state index in [-0.39, 0.29) is 6.04 Å². The van der Waals surface area contributed by atoms with E-state index in [1.165, 1.54) is 66.8 Å². The van der Waals surface area contributed by atoms with Gasteiger partial charge in [-0.2, -0.15) is 0 Å². The summed E-state index contributed by atoms with van der Waals surface area (Å²) in [6.45, 7) is 6.72. The molecular weight excluding hydrogens is 581 g/mol. The van der Waals surface area contributed by atoms with E-state index >= 15 is 0 Å². The summed E-state index contributed by atoms with van der Waals surface area (Å²) in [4.78, 5) is 10.0. The number of aliphatic imine (C=N–C) groups is 2. The summed E-state index contributed by atoms with van der Waals surface area (Å²) in [5.41, 5.74) is 15.9. The molecular formula is C46H42N2. The SMILES string of the molecule is CC1=CC(c2ccccc2)=C(c2ccc(-c3cccc(-c4ccccc4/C4=C/C=N\C(c5ccccc5)C(C)CC4)c3)cc2C)N=CC1. The van der Waals surface area contributed by atoms with E-state index in [4.69, 9.17) is 9.98 Å². The molecule has 0 saturated carbocycles. The molecule has 2 unspecified atom stereocenters. The Bertz CT molecular complexity index is 2080. The lowest BCUT2D eigenvalue weighted by atomic mass is 9.85. The van der Waals surface area contributed by atoms with Crippen molar-refractivity contribution in [2.24, 2.45) is 15.9 Å². The van der Waals surface area contributed by atoms with Crippen LogP contribution in [0.4, 0.5) is 0 Å². The number of allylic oxidation sites excluding steroid dienone is 5. The summed E-state index contributed by atoms with van der Waals surface area (Å²) >= 11 is 0. The van der Waals surface area contributed by atoms with Crippen LogP contribution in [-0.2, 0) is 0 Å². The van der Waals surface area contributed by atoms with Gasteiger partial charge in [-0.05, 0) is 94.8 Å². The molecule has 0 fully saturated rings. The molecule has 48 heavy (non-hydrogen) atoms. The van der Waals surface area contributed by atoms with Gasteiger partial charge in [-0.1, -0.05) is 140 Å². The summed E-state index contributed by atoms with van der Waals surface area (Å²) in [6.07, 6.45) is 11.6. The average Bonchev–Trinajstić information content (AvgIpc) is 3.32. The van der Waals surface area contributed by atoms with Gasteiger partial charge in [0.15, 0.2) is 0 Å². The van der Waals surface area contributed by atoms with Crippen LogP contribution in [0.2, 0.25) is 0 Å². The van der Waals surface area contributed by atoms with Crippen molar-refractivity contribution >= 4 is 29.3 Å². The third kappa shape index (κ3) is 6.71. The Kier molecular flexibility index (Phi) is 9.25. The summed E-state index contributed by atoms with van der Waals surface area (Å²) < 4.78 is 0. The molecule has 0 aliphatic carbocycles. The lowest BCUT2D eigenvalue weighted by Gasteiger charge is -2.24. The Morgan fingerprint density at radius 2 is 1.31 bits per heavy atom. The zero-order valence-electron chi connectivity index (χ0n) is 28.1. The second-order valence-corrected chi connectivity index (χ2v) is 13.2.